The fourth-order valence-corrected chi connectivity index (χ4v) is 3.27. The van der Waals surface area contributed by atoms with Crippen molar-refractivity contribution in [2.45, 2.75) is 19.4 Å². The minimum atomic E-state index is -0.137. The van der Waals surface area contributed by atoms with E-state index in [0.29, 0.717) is 11.4 Å². The average Bonchev–Trinajstić information content (AvgIpc) is 3.01. The standard InChI is InChI=1S/C16H17BrN2O2S/c1-11(12-5-2-3-6-13(12)17)19-15(20)8-9-18-16(21)14-7-4-10-22-14/h2-7,10-11H,8-9H2,1H3,(H,18,21)(H,19,20)/t11-/m1/s1. The lowest BCUT2D eigenvalue weighted by molar-refractivity contribution is -0.121. The van der Waals surface area contributed by atoms with Crippen LogP contribution in [0.4, 0.5) is 0 Å². The number of carbonyl (C=O) groups is 2. The first kappa shape index (κ1) is 16.7. The molecule has 1 atom stereocenters. The van der Waals surface area contributed by atoms with Gasteiger partial charge in [0.2, 0.25) is 5.91 Å². The first-order valence-electron chi connectivity index (χ1n) is 6.93. The van der Waals surface area contributed by atoms with Crippen LogP contribution < -0.4 is 10.6 Å². The van der Waals surface area contributed by atoms with Crippen LogP contribution in [0.25, 0.3) is 0 Å². The lowest BCUT2D eigenvalue weighted by Crippen LogP contribution is -2.31. The Morgan fingerprint density at radius 2 is 2.00 bits per heavy atom. The van der Waals surface area contributed by atoms with Crippen molar-refractivity contribution in [3.05, 3.63) is 56.7 Å². The van der Waals surface area contributed by atoms with E-state index in [1.807, 2.05) is 42.6 Å². The molecule has 2 amide bonds. The summed E-state index contributed by atoms with van der Waals surface area (Å²) in [5, 5.41) is 7.52. The van der Waals surface area contributed by atoms with Crippen LogP contribution in [0.1, 0.15) is 34.6 Å². The highest BCUT2D eigenvalue weighted by molar-refractivity contribution is 9.10. The minimum absolute atomic E-state index is 0.0870. The van der Waals surface area contributed by atoms with Gasteiger partial charge in [0.25, 0.3) is 5.91 Å². The van der Waals surface area contributed by atoms with Crippen LogP contribution in [0.5, 0.6) is 0 Å². The van der Waals surface area contributed by atoms with Gasteiger partial charge in [-0.2, -0.15) is 0 Å². The van der Waals surface area contributed by atoms with E-state index in [9.17, 15) is 9.59 Å². The van der Waals surface area contributed by atoms with Crippen molar-refractivity contribution in [3.63, 3.8) is 0 Å². The van der Waals surface area contributed by atoms with E-state index in [-0.39, 0.29) is 24.3 Å². The zero-order chi connectivity index (χ0) is 15.9. The summed E-state index contributed by atoms with van der Waals surface area (Å²) in [5.41, 5.74) is 1.03. The maximum absolute atomic E-state index is 11.9. The summed E-state index contributed by atoms with van der Waals surface area (Å²) >= 11 is 4.86. The Labute approximate surface area is 142 Å². The highest BCUT2D eigenvalue weighted by atomic mass is 79.9. The Hall–Kier alpha value is -1.66. The normalized spacial score (nSPS) is 11.7. The van der Waals surface area contributed by atoms with E-state index in [1.165, 1.54) is 11.3 Å². The Bertz CT molecular complexity index is 643. The van der Waals surface area contributed by atoms with E-state index in [2.05, 4.69) is 26.6 Å². The topological polar surface area (TPSA) is 58.2 Å². The predicted octanol–water partition coefficient (Wildman–Crippen LogP) is 3.51. The van der Waals surface area contributed by atoms with E-state index < -0.39 is 0 Å². The lowest BCUT2D eigenvalue weighted by Gasteiger charge is -2.16. The van der Waals surface area contributed by atoms with Gasteiger partial charge in [-0.05, 0) is 30.0 Å². The first-order chi connectivity index (χ1) is 10.6. The molecule has 0 aliphatic carbocycles. The van der Waals surface area contributed by atoms with Crippen LogP contribution in [0.15, 0.2) is 46.3 Å². The van der Waals surface area contributed by atoms with Gasteiger partial charge in [-0.1, -0.05) is 40.2 Å². The van der Waals surface area contributed by atoms with Crippen molar-refractivity contribution >= 4 is 39.1 Å². The molecule has 2 rings (SSSR count). The van der Waals surface area contributed by atoms with E-state index in [4.69, 9.17) is 0 Å². The summed E-state index contributed by atoms with van der Waals surface area (Å²) in [4.78, 5) is 24.3. The molecule has 0 bridgehead atoms. The molecule has 0 unspecified atom stereocenters. The third kappa shape index (κ3) is 4.68. The van der Waals surface area contributed by atoms with Gasteiger partial charge in [-0.25, -0.2) is 0 Å². The lowest BCUT2D eigenvalue weighted by atomic mass is 10.1. The van der Waals surface area contributed by atoms with Crippen molar-refractivity contribution in [1.29, 1.82) is 0 Å². The van der Waals surface area contributed by atoms with E-state index >= 15 is 0 Å². The van der Waals surface area contributed by atoms with Crippen molar-refractivity contribution in [2.24, 2.45) is 0 Å². The molecule has 22 heavy (non-hydrogen) atoms. The summed E-state index contributed by atoms with van der Waals surface area (Å²) in [6, 6.07) is 11.3. The smallest absolute Gasteiger partial charge is 0.261 e. The molecular weight excluding hydrogens is 364 g/mol. The SMILES string of the molecule is C[C@@H](NC(=O)CCNC(=O)c1cccs1)c1ccccc1Br. The molecule has 0 fully saturated rings. The fraction of sp³-hybridized carbons (Fsp3) is 0.250. The van der Waals surface area contributed by atoms with Crippen molar-refractivity contribution in [3.8, 4) is 0 Å². The third-order valence-electron chi connectivity index (χ3n) is 3.13. The maximum Gasteiger partial charge on any atom is 0.261 e. The van der Waals surface area contributed by atoms with E-state index in [1.54, 1.807) is 6.07 Å². The fourth-order valence-electron chi connectivity index (χ4n) is 2.00. The zero-order valence-electron chi connectivity index (χ0n) is 12.1. The van der Waals surface area contributed by atoms with Crippen LogP contribution in [0.2, 0.25) is 0 Å². The van der Waals surface area contributed by atoms with Gasteiger partial charge in [0.15, 0.2) is 0 Å². The molecule has 0 radical (unpaired) electrons. The second-order valence-electron chi connectivity index (χ2n) is 4.79. The third-order valence-corrected chi connectivity index (χ3v) is 4.72. The second kappa shape index (κ2) is 8.10. The molecule has 0 saturated carbocycles. The molecule has 0 aliphatic rings. The maximum atomic E-state index is 11.9. The monoisotopic (exact) mass is 380 g/mol. The average molecular weight is 381 g/mol. The van der Waals surface area contributed by atoms with Crippen LogP contribution in [0.3, 0.4) is 0 Å². The molecule has 1 aromatic carbocycles. The Kier molecular flexibility index (Phi) is 6.15. The molecule has 6 heteroatoms. The number of halogens is 1. The number of thiophene rings is 1. The van der Waals surface area contributed by atoms with Gasteiger partial charge in [0, 0.05) is 17.4 Å². The van der Waals surface area contributed by atoms with Crippen LogP contribution in [-0.2, 0) is 4.79 Å². The summed E-state index contributed by atoms with van der Waals surface area (Å²) in [7, 11) is 0. The molecule has 2 N–H and O–H groups in total. The van der Waals surface area contributed by atoms with Crippen LogP contribution >= 0.6 is 27.3 Å². The summed E-state index contributed by atoms with van der Waals surface area (Å²) in [6.07, 6.45) is 0.256. The summed E-state index contributed by atoms with van der Waals surface area (Å²) in [6.45, 7) is 2.26. The van der Waals surface area contributed by atoms with Gasteiger partial charge in [-0.15, -0.1) is 11.3 Å². The van der Waals surface area contributed by atoms with Crippen molar-refractivity contribution < 1.29 is 9.59 Å². The molecule has 1 heterocycles. The van der Waals surface area contributed by atoms with Crippen LogP contribution in [-0.4, -0.2) is 18.4 Å². The van der Waals surface area contributed by atoms with Gasteiger partial charge in [0.05, 0.1) is 10.9 Å². The molecule has 0 saturated heterocycles. The number of carbonyl (C=O) groups excluding carboxylic acids is 2. The number of benzene rings is 1. The highest BCUT2D eigenvalue weighted by Gasteiger charge is 2.12. The quantitative estimate of drug-likeness (QED) is 0.805. The highest BCUT2D eigenvalue weighted by Crippen LogP contribution is 2.22. The van der Waals surface area contributed by atoms with Gasteiger partial charge in [-0.3, -0.25) is 9.59 Å². The van der Waals surface area contributed by atoms with Crippen LogP contribution in [0, 0.1) is 0 Å². The molecule has 2 aromatic rings. The minimum Gasteiger partial charge on any atom is -0.351 e. The Balaban J connectivity index is 1.76. The Morgan fingerprint density at radius 3 is 2.68 bits per heavy atom. The number of rotatable bonds is 6. The molecule has 116 valence electrons. The number of hydrogen-bond acceptors (Lipinski definition) is 3. The number of hydrogen-bond donors (Lipinski definition) is 2. The molecule has 4 nitrogen and oxygen atoms in total. The van der Waals surface area contributed by atoms with Crippen molar-refractivity contribution in [2.75, 3.05) is 6.54 Å². The second-order valence-corrected chi connectivity index (χ2v) is 6.60. The number of nitrogens with one attached hydrogen (secondary N) is 2. The molecule has 0 spiro atoms. The zero-order valence-corrected chi connectivity index (χ0v) is 14.5. The molecular formula is C16H17BrN2O2S. The van der Waals surface area contributed by atoms with Gasteiger partial charge in [0.1, 0.15) is 0 Å². The predicted molar refractivity (Wildman–Crippen MR) is 92.0 cm³/mol. The largest absolute Gasteiger partial charge is 0.351 e. The molecule has 1 aromatic heterocycles. The summed E-state index contributed by atoms with van der Waals surface area (Å²) < 4.78 is 0.966. The molecule has 0 aliphatic heterocycles. The summed E-state index contributed by atoms with van der Waals surface area (Å²) in [5.74, 6) is -0.226. The van der Waals surface area contributed by atoms with Crippen molar-refractivity contribution in [1.82, 2.24) is 10.6 Å². The first-order valence-corrected chi connectivity index (χ1v) is 8.60. The number of amides is 2. The van der Waals surface area contributed by atoms with Gasteiger partial charge >= 0.3 is 0 Å². The van der Waals surface area contributed by atoms with Gasteiger partial charge < -0.3 is 10.6 Å². The van der Waals surface area contributed by atoms with E-state index in [0.717, 1.165) is 10.0 Å². The Morgan fingerprint density at radius 1 is 1.23 bits per heavy atom.